The second-order valence-corrected chi connectivity index (χ2v) is 7.26. The van der Waals surface area contributed by atoms with E-state index in [0.717, 1.165) is 0 Å². The highest BCUT2D eigenvalue weighted by Crippen LogP contribution is 2.14. The van der Waals surface area contributed by atoms with Gasteiger partial charge in [-0.25, -0.2) is 8.42 Å². The van der Waals surface area contributed by atoms with Crippen molar-refractivity contribution in [2.75, 3.05) is 12.4 Å². The molecule has 0 saturated heterocycles. The summed E-state index contributed by atoms with van der Waals surface area (Å²) >= 11 is 0. The molecule has 118 valence electrons. The van der Waals surface area contributed by atoms with Crippen molar-refractivity contribution in [1.82, 2.24) is 0 Å². The van der Waals surface area contributed by atoms with Crippen molar-refractivity contribution in [2.24, 2.45) is 16.8 Å². The fourth-order valence-electron chi connectivity index (χ4n) is 1.56. The Bertz CT molecular complexity index is 597. The molecule has 3 N–H and O–H groups in total. The molecule has 0 radical (unpaired) electrons. The lowest BCUT2D eigenvalue weighted by atomic mass is 10.1. The molecule has 0 aliphatic rings. The number of hydrogen-bond acceptors (Lipinski definition) is 5. The first-order valence-corrected chi connectivity index (χ1v) is 8.35. The Balaban J connectivity index is 2.79. The van der Waals surface area contributed by atoms with Crippen LogP contribution in [0.1, 0.15) is 26.3 Å². The summed E-state index contributed by atoms with van der Waals surface area (Å²) in [4.78, 5) is 0.132. The lowest BCUT2D eigenvalue weighted by Crippen LogP contribution is -2.21. The van der Waals surface area contributed by atoms with E-state index in [9.17, 15) is 8.42 Å². The zero-order valence-corrected chi connectivity index (χ0v) is 13.3. The molecule has 7 heteroatoms. The highest BCUT2D eigenvalue weighted by Gasteiger charge is 2.17. The van der Waals surface area contributed by atoms with E-state index in [1.54, 1.807) is 12.1 Å². The topological polar surface area (TPSA) is 102 Å². The number of nitrogens with zero attached hydrogens (tertiary/aromatic N) is 1. The first kappa shape index (κ1) is 17.5. The smallest absolute Gasteiger partial charge is 0.180 e. The summed E-state index contributed by atoms with van der Waals surface area (Å²) in [6.45, 7) is 6.07. The average molecular weight is 314 g/mol. The molecule has 1 atom stereocenters. The molecule has 0 heterocycles. The first-order chi connectivity index (χ1) is 9.77. The number of nitrogens with two attached hydrogens (primary N) is 1. The Kier molecular flexibility index (Phi) is 6.17. The minimum atomic E-state index is -3.46. The summed E-state index contributed by atoms with van der Waals surface area (Å²) in [5.41, 5.74) is 5.82. The highest BCUT2D eigenvalue weighted by atomic mass is 32.2. The van der Waals surface area contributed by atoms with Crippen LogP contribution >= 0.6 is 0 Å². The zero-order valence-electron chi connectivity index (χ0n) is 12.5. The van der Waals surface area contributed by atoms with E-state index in [-0.39, 0.29) is 29.2 Å². The van der Waals surface area contributed by atoms with Crippen LogP contribution in [0.15, 0.2) is 34.3 Å². The lowest BCUT2D eigenvalue weighted by Gasteiger charge is -2.16. The van der Waals surface area contributed by atoms with Gasteiger partial charge in [-0.3, -0.25) is 0 Å². The van der Waals surface area contributed by atoms with Gasteiger partial charge in [-0.15, -0.1) is 0 Å². The molecule has 1 unspecified atom stereocenters. The van der Waals surface area contributed by atoms with Gasteiger partial charge in [0.25, 0.3) is 0 Å². The van der Waals surface area contributed by atoms with E-state index in [0.29, 0.717) is 11.5 Å². The van der Waals surface area contributed by atoms with Crippen LogP contribution in [-0.4, -0.2) is 37.9 Å². The Morgan fingerprint density at radius 2 is 2.05 bits per heavy atom. The van der Waals surface area contributed by atoms with Gasteiger partial charge in [0.2, 0.25) is 0 Å². The Morgan fingerprint density at radius 1 is 1.38 bits per heavy atom. The van der Waals surface area contributed by atoms with Crippen LogP contribution in [-0.2, 0) is 14.6 Å². The SMILES string of the molecule is CC(C)C(C)OCCS(=O)(=O)c1cccc(/C(N)=N/O)c1. The monoisotopic (exact) mass is 314 g/mol. The van der Waals surface area contributed by atoms with Crippen LogP contribution in [0.3, 0.4) is 0 Å². The number of amidine groups is 1. The third kappa shape index (κ3) is 5.02. The zero-order chi connectivity index (χ0) is 16.0. The molecule has 0 spiro atoms. The van der Waals surface area contributed by atoms with Crippen LogP contribution in [0.4, 0.5) is 0 Å². The molecule has 1 rings (SSSR count). The second kappa shape index (κ2) is 7.42. The molecule has 0 saturated carbocycles. The average Bonchev–Trinajstić information content (AvgIpc) is 2.46. The van der Waals surface area contributed by atoms with Gasteiger partial charge in [0.05, 0.1) is 23.4 Å². The van der Waals surface area contributed by atoms with Crippen molar-refractivity contribution in [2.45, 2.75) is 31.8 Å². The third-order valence-electron chi connectivity index (χ3n) is 3.27. The predicted octanol–water partition coefficient (Wildman–Crippen LogP) is 1.62. The van der Waals surface area contributed by atoms with Gasteiger partial charge in [-0.2, -0.15) is 0 Å². The number of sulfone groups is 1. The van der Waals surface area contributed by atoms with Crippen LogP contribution in [0.2, 0.25) is 0 Å². The maximum absolute atomic E-state index is 12.2. The largest absolute Gasteiger partial charge is 0.409 e. The molecular formula is C14H22N2O4S. The molecule has 0 aliphatic heterocycles. The molecule has 1 aromatic rings. The number of rotatable bonds is 7. The van der Waals surface area contributed by atoms with Gasteiger partial charge < -0.3 is 15.7 Å². The number of ether oxygens (including phenoxy) is 1. The standard InChI is InChI=1S/C14H22N2O4S/c1-10(2)11(3)20-7-8-21(18,19)13-6-4-5-12(9-13)14(15)16-17/h4-6,9-11,17H,7-8H2,1-3H3,(H2,15,16). The molecule has 0 aliphatic carbocycles. The minimum absolute atomic E-state index is 0.00343. The van der Waals surface area contributed by atoms with Crippen molar-refractivity contribution >= 4 is 15.7 Å². The Hall–Kier alpha value is -1.60. The van der Waals surface area contributed by atoms with Gasteiger partial charge in [0.15, 0.2) is 15.7 Å². The van der Waals surface area contributed by atoms with E-state index in [2.05, 4.69) is 5.16 Å². The van der Waals surface area contributed by atoms with E-state index in [1.165, 1.54) is 12.1 Å². The molecule has 21 heavy (non-hydrogen) atoms. The van der Waals surface area contributed by atoms with Crippen molar-refractivity contribution in [3.63, 3.8) is 0 Å². The van der Waals surface area contributed by atoms with E-state index in [4.69, 9.17) is 15.7 Å². The van der Waals surface area contributed by atoms with E-state index in [1.807, 2.05) is 20.8 Å². The van der Waals surface area contributed by atoms with E-state index < -0.39 is 9.84 Å². The van der Waals surface area contributed by atoms with Gasteiger partial charge in [-0.05, 0) is 25.0 Å². The first-order valence-electron chi connectivity index (χ1n) is 6.70. The maximum Gasteiger partial charge on any atom is 0.180 e. The fourth-order valence-corrected chi connectivity index (χ4v) is 2.70. The summed E-state index contributed by atoms with van der Waals surface area (Å²) < 4.78 is 29.9. The van der Waals surface area contributed by atoms with Crippen LogP contribution in [0.5, 0.6) is 0 Å². The van der Waals surface area contributed by atoms with Crippen LogP contribution in [0, 0.1) is 5.92 Å². The lowest BCUT2D eigenvalue weighted by molar-refractivity contribution is 0.0455. The molecular weight excluding hydrogens is 292 g/mol. The van der Waals surface area contributed by atoms with Crippen molar-refractivity contribution in [3.05, 3.63) is 29.8 Å². The molecule has 6 nitrogen and oxygen atoms in total. The summed E-state index contributed by atoms with van der Waals surface area (Å²) in [6.07, 6.45) is 0.00343. The van der Waals surface area contributed by atoms with Gasteiger partial charge in [-0.1, -0.05) is 31.1 Å². The fraction of sp³-hybridized carbons (Fsp3) is 0.500. The summed E-state index contributed by atoms with van der Waals surface area (Å²) in [5.74, 6) is 0.0947. The van der Waals surface area contributed by atoms with Crippen LogP contribution < -0.4 is 5.73 Å². The van der Waals surface area contributed by atoms with Crippen molar-refractivity contribution in [1.29, 1.82) is 0 Å². The number of oxime groups is 1. The molecule has 0 bridgehead atoms. The molecule has 1 aromatic carbocycles. The maximum atomic E-state index is 12.2. The van der Waals surface area contributed by atoms with Crippen LogP contribution in [0.25, 0.3) is 0 Å². The van der Waals surface area contributed by atoms with Gasteiger partial charge >= 0.3 is 0 Å². The Morgan fingerprint density at radius 3 is 2.62 bits per heavy atom. The normalized spacial score (nSPS) is 14.4. The summed E-state index contributed by atoms with van der Waals surface area (Å²) in [7, 11) is -3.46. The number of benzene rings is 1. The Labute approximate surface area is 125 Å². The van der Waals surface area contributed by atoms with E-state index >= 15 is 0 Å². The highest BCUT2D eigenvalue weighted by molar-refractivity contribution is 7.91. The molecule has 0 aromatic heterocycles. The minimum Gasteiger partial charge on any atom is -0.409 e. The molecule has 0 amide bonds. The quantitative estimate of drug-likeness (QED) is 0.344. The van der Waals surface area contributed by atoms with Crippen molar-refractivity contribution in [3.8, 4) is 0 Å². The van der Waals surface area contributed by atoms with Gasteiger partial charge in [0.1, 0.15) is 0 Å². The molecule has 0 fully saturated rings. The second-order valence-electron chi connectivity index (χ2n) is 5.15. The van der Waals surface area contributed by atoms with Gasteiger partial charge in [0, 0.05) is 5.56 Å². The predicted molar refractivity (Wildman–Crippen MR) is 81.3 cm³/mol. The summed E-state index contributed by atoms with van der Waals surface area (Å²) in [5, 5.41) is 11.5. The summed E-state index contributed by atoms with van der Waals surface area (Å²) in [6, 6.07) is 5.99. The number of hydrogen-bond donors (Lipinski definition) is 2. The van der Waals surface area contributed by atoms with Crippen molar-refractivity contribution < 1.29 is 18.4 Å². The third-order valence-corrected chi connectivity index (χ3v) is 4.94.